The number of rotatable bonds is 6. The third-order valence-corrected chi connectivity index (χ3v) is 8.60. The van der Waals surface area contributed by atoms with E-state index in [1.54, 1.807) is 53.9 Å². The molecule has 37 heavy (non-hydrogen) atoms. The van der Waals surface area contributed by atoms with Crippen molar-refractivity contribution in [2.24, 2.45) is 10.9 Å². The maximum atomic E-state index is 13.4. The molecule has 1 fully saturated rings. The molecule has 0 radical (unpaired) electrons. The van der Waals surface area contributed by atoms with Crippen molar-refractivity contribution in [3.63, 3.8) is 0 Å². The number of aliphatic imine (C=N–C) groups is 1. The van der Waals surface area contributed by atoms with E-state index in [9.17, 15) is 14.9 Å². The Labute approximate surface area is 225 Å². The normalized spacial score (nSPS) is 16.1. The molecule has 192 valence electrons. The molecule has 7 nitrogen and oxygen atoms in total. The Balaban J connectivity index is 1.50. The van der Waals surface area contributed by atoms with Crippen LogP contribution in [-0.2, 0) is 12.8 Å². The summed E-state index contributed by atoms with van der Waals surface area (Å²) in [4.78, 5) is 32.8. The first kappa shape index (κ1) is 25.4. The smallest absolute Gasteiger partial charge is 0.270 e. The number of piperidine rings is 1. The fourth-order valence-electron chi connectivity index (χ4n) is 5.03. The molecule has 1 saturated heterocycles. The lowest BCUT2D eigenvalue weighted by Gasteiger charge is -2.33. The van der Waals surface area contributed by atoms with Gasteiger partial charge in [0.1, 0.15) is 5.00 Å². The van der Waals surface area contributed by atoms with Crippen molar-refractivity contribution >= 4 is 57.1 Å². The largest absolute Gasteiger partial charge is 0.371 e. The number of aryl methyl sites for hydroxylation is 1. The van der Waals surface area contributed by atoms with Crippen molar-refractivity contribution in [2.75, 3.05) is 23.3 Å². The molecule has 3 aromatic rings. The van der Waals surface area contributed by atoms with Gasteiger partial charge in [0.15, 0.2) is 0 Å². The third kappa shape index (κ3) is 5.70. The summed E-state index contributed by atoms with van der Waals surface area (Å²) in [6.07, 6.45) is 7.77. The van der Waals surface area contributed by atoms with E-state index in [0.29, 0.717) is 32.8 Å². The van der Waals surface area contributed by atoms with E-state index in [-0.39, 0.29) is 16.5 Å². The zero-order chi connectivity index (χ0) is 25.9. The Bertz CT molecular complexity index is 1340. The molecule has 2 aliphatic rings. The number of anilines is 2. The van der Waals surface area contributed by atoms with Gasteiger partial charge in [-0.1, -0.05) is 18.5 Å². The minimum atomic E-state index is -0.381. The minimum Gasteiger partial charge on any atom is -0.371 e. The van der Waals surface area contributed by atoms with Crippen molar-refractivity contribution in [1.29, 1.82) is 0 Å². The predicted molar refractivity (Wildman–Crippen MR) is 151 cm³/mol. The third-order valence-electron chi connectivity index (χ3n) is 7.15. The van der Waals surface area contributed by atoms with Crippen LogP contribution in [-0.4, -0.2) is 30.1 Å². The van der Waals surface area contributed by atoms with Crippen LogP contribution in [0, 0.1) is 16.0 Å². The summed E-state index contributed by atoms with van der Waals surface area (Å²) in [5.41, 5.74) is 4.00. The molecule has 0 atom stereocenters. The first-order valence-corrected chi connectivity index (χ1v) is 13.9. The highest BCUT2D eigenvalue weighted by Gasteiger charge is 2.26. The molecule has 1 aliphatic carbocycles. The first-order chi connectivity index (χ1) is 17.9. The van der Waals surface area contributed by atoms with Crippen molar-refractivity contribution in [2.45, 2.75) is 45.4 Å². The van der Waals surface area contributed by atoms with Crippen LogP contribution in [0.15, 0.2) is 47.5 Å². The molecule has 1 amide bonds. The Morgan fingerprint density at radius 2 is 1.89 bits per heavy atom. The fourth-order valence-corrected chi connectivity index (χ4v) is 6.38. The van der Waals surface area contributed by atoms with E-state index in [0.717, 1.165) is 62.9 Å². The number of hydrogen-bond donors (Lipinski definition) is 1. The number of carbonyl (C=O) groups is 1. The van der Waals surface area contributed by atoms with Crippen LogP contribution in [0.3, 0.4) is 0 Å². The Morgan fingerprint density at radius 3 is 2.62 bits per heavy atom. The molecular weight excluding hydrogens is 508 g/mol. The second-order valence-corrected chi connectivity index (χ2v) is 11.3. The summed E-state index contributed by atoms with van der Waals surface area (Å²) in [6, 6.07) is 12.0. The van der Waals surface area contributed by atoms with Gasteiger partial charge >= 0.3 is 0 Å². The molecule has 0 bridgehead atoms. The second-order valence-electron chi connectivity index (χ2n) is 9.78. The van der Waals surface area contributed by atoms with E-state index in [2.05, 4.69) is 17.1 Å². The fraction of sp³-hybridized carbons (Fsp3) is 0.357. The Morgan fingerprint density at radius 1 is 1.16 bits per heavy atom. The van der Waals surface area contributed by atoms with Gasteiger partial charge in [-0.25, -0.2) is 4.99 Å². The average Bonchev–Trinajstić information content (AvgIpc) is 3.27. The number of nitro benzene ring substituents is 1. The monoisotopic (exact) mass is 536 g/mol. The maximum Gasteiger partial charge on any atom is 0.270 e. The molecule has 1 aromatic heterocycles. The van der Waals surface area contributed by atoms with Gasteiger partial charge in [-0.05, 0) is 80.3 Å². The Kier molecular flexibility index (Phi) is 7.58. The molecular formula is C28H29ClN4O3S. The highest BCUT2D eigenvalue weighted by molar-refractivity contribution is 7.16. The lowest BCUT2D eigenvalue weighted by molar-refractivity contribution is -0.384. The highest BCUT2D eigenvalue weighted by atomic mass is 35.5. The number of fused-ring (bicyclic) bond motifs is 1. The highest BCUT2D eigenvalue weighted by Crippen LogP contribution is 2.40. The molecule has 0 spiro atoms. The van der Waals surface area contributed by atoms with Gasteiger partial charge in [0.2, 0.25) is 0 Å². The number of nitrogens with zero attached hydrogens (tertiary/aromatic N) is 3. The number of benzene rings is 2. The number of carbonyl (C=O) groups excluding carboxylic acids is 1. The number of non-ortho nitro benzene ring substituents is 1. The minimum absolute atomic E-state index is 0.0294. The van der Waals surface area contributed by atoms with Crippen molar-refractivity contribution < 1.29 is 9.72 Å². The first-order valence-electron chi connectivity index (χ1n) is 12.7. The van der Waals surface area contributed by atoms with E-state index < -0.39 is 0 Å². The Hall–Kier alpha value is -3.23. The number of hydrogen-bond acceptors (Lipinski definition) is 6. The van der Waals surface area contributed by atoms with Crippen molar-refractivity contribution in [3.05, 3.63) is 79.2 Å². The van der Waals surface area contributed by atoms with Gasteiger partial charge in [0, 0.05) is 58.3 Å². The van der Waals surface area contributed by atoms with E-state index in [4.69, 9.17) is 16.6 Å². The quantitative estimate of drug-likeness (QED) is 0.201. The van der Waals surface area contributed by atoms with E-state index in [1.165, 1.54) is 4.88 Å². The summed E-state index contributed by atoms with van der Waals surface area (Å²) in [6.45, 7) is 4.06. The molecule has 2 aromatic carbocycles. The molecule has 9 heteroatoms. The maximum absolute atomic E-state index is 13.4. The van der Waals surface area contributed by atoms with Gasteiger partial charge in [-0.2, -0.15) is 0 Å². The topological polar surface area (TPSA) is 87.8 Å². The predicted octanol–water partition coefficient (Wildman–Crippen LogP) is 7.43. The van der Waals surface area contributed by atoms with Crippen molar-refractivity contribution in [3.8, 4) is 0 Å². The van der Waals surface area contributed by atoms with E-state index in [1.807, 2.05) is 6.07 Å². The van der Waals surface area contributed by atoms with Crippen molar-refractivity contribution in [1.82, 2.24) is 0 Å². The summed E-state index contributed by atoms with van der Waals surface area (Å²) < 4.78 is 0. The van der Waals surface area contributed by atoms with Crippen LogP contribution in [0.25, 0.3) is 0 Å². The lowest BCUT2D eigenvalue weighted by atomic mass is 9.95. The molecule has 0 unspecified atom stereocenters. The van der Waals surface area contributed by atoms with Gasteiger partial charge in [0.25, 0.3) is 11.6 Å². The molecule has 1 aliphatic heterocycles. The zero-order valence-electron chi connectivity index (χ0n) is 20.7. The van der Waals surface area contributed by atoms with Crippen LogP contribution in [0.2, 0.25) is 5.02 Å². The van der Waals surface area contributed by atoms with Crippen LogP contribution in [0.4, 0.5) is 22.1 Å². The van der Waals surface area contributed by atoms with Gasteiger partial charge < -0.3 is 10.2 Å². The number of nitrogens with one attached hydrogen (secondary N) is 1. The SMILES string of the molecule is CC1CCN(c2ccc([N+](=O)[O-])cc2C=Nc2sc3c(c2C(=O)Nc2ccc(Cl)cc2)CCCC3)CC1. The summed E-state index contributed by atoms with van der Waals surface area (Å²) in [5, 5.41) is 15.8. The van der Waals surface area contributed by atoms with E-state index >= 15 is 0 Å². The van der Waals surface area contributed by atoms with Crippen LogP contribution < -0.4 is 10.2 Å². The number of nitro groups is 1. The summed E-state index contributed by atoms with van der Waals surface area (Å²) in [7, 11) is 0. The number of thiophene rings is 1. The average molecular weight is 537 g/mol. The zero-order valence-corrected chi connectivity index (χ0v) is 22.3. The molecule has 2 heterocycles. The van der Waals surface area contributed by atoms with Crippen LogP contribution in [0.1, 0.15) is 59.0 Å². The number of amides is 1. The molecule has 0 saturated carbocycles. The lowest BCUT2D eigenvalue weighted by Crippen LogP contribution is -2.33. The van der Waals surface area contributed by atoms with Gasteiger partial charge in [-0.15, -0.1) is 11.3 Å². The molecule has 1 N–H and O–H groups in total. The molecule has 5 rings (SSSR count). The van der Waals surface area contributed by atoms with Crippen LogP contribution >= 0.6 is 22.9 Å². The standard InChI is InChI=1S/C28H29ClN4O3S/c1-18-12-14-32(15-13-18)24-11-10-22(33(35)36)16-19(24)17-30-28-26(23-4-2-3-5-25(23)37-28)27(34)31-21-8-6-20(29)7-9-21/h6-11,16-18H,2-5,12-15H2,1H3,(H,31,34). The van der Waals surface area contributed by atoms with Crippen LogP contribution in [0.5, 0.6) is 0 Å². The second kappa shape index (κ2) is 11.0. The number of halogens is 1. The summed E-state index contributed by atoms with van der Waals surface area (Å²) in [5.74, 6) is 0.476. The van der Waals surface area contributed by atoms with Gasteiger partial charge in [-0.3, -0.25) is 14.9 Å². The van der Waals surface area contributed by atoms with Gasteiger partial charge in [0.05, 0.1) is 10.5 Å². The summed E-state index contributed by atoms with van der Waals surface area (Å²) >= 11 is 7.55.